The smallest absolute Gasteiger partial charge is 0.275 e. The fraction of sp³-hybridized carbons (Fsp3) is 0.375. The van der Waals surface area contributed by atoms with E-state index in [1.54, 1.807) is 28.9 Å². The van der Waals surface area contributed by atoms with Crippen LogP contribution in [-0.2, 0) is 23.5 Å². The summed E-state index contributed by atoms with van der Waals surface area (Å²) in [5.41, 5.74) is 3.52. The Kier molecular flexibility index (Phi) is 7.18. The van der Waals surface area contributed by atoms with Crippen molar-refractivity contribution in [1.29, 1.82) is 0 Å². The van der Waals surface area contributed by atoms with Crippen molar-refractivity contribution in [2.75, 3.05) is 6.54 Å². The SMILES string of the molecule is Cc1c(C(C)C)c(=O)n(-c2ccc(S(=O)(=O)NCCCCc3ccccc3)cc2)n1C. The highest BCUT2D eigenvalue weighted by Gasteiger charge is 2.19. The molecule has 3 aromatic rings. The Morgan fingerprint density at radius 3 is 2.19 bits per heavy atom. The summed E-state index contributed by atoms with van der Waals surface area (Å²) in [7, 11) is -1.75. The lowest BCUT2D eigenvalue weighted by Gasteiger charge is -2.10. The minimum absolute atomic E-state index is 0.0675. The molecule has 0 radical (unpaired) electrons. The van der Waals surface area contributed by atoms with Gasteiger partial charge in [-0.1, -0.05) is 44.2 Å². The fourth-order valence-corrected chi connectivity index (χ4v) is 4.91. The summed E-state index contributed by atoms with van der Waals surface area (Å²) in [6.07, 6.45) is 2.61. The maximum Gasteiger partial charge on any atom is 0.275 e. The van der Waals surface area contributed by atoms with Crippen LogP contribution in [0.25, 0.3) is 5.69 Å². The van der Waals surface area contributed by atoms with E-state index in [9.17, 15) is 13.2 Å². The lowest BCUT2D eigenvalue weighted by Crippen LogP contribution is -2.25. The minimum Gasteiger partial charge on any atom is -0.285 e. The van der Waals surface area contributed by atoms with Gasteiger partial charge in [-0.05, 0) is 61.9 Å². The summed E-state index contributed by atoms with van der Waals surface area (Å²) in [6.45, 7) is 6.31. The monoisotopic (exact) mass is 441 g/mol. The van der Waals surface area contributed by atoms with Crippen LogP contribution in [-0.4, -0.2) is 24.3 Å². The van der Waals surface area contributed by atoms with Crippen LogP contribution in [0.5, 0.6) is 0 Å². The van der Waals surface area contributed by atoms with Crippen molar-refractivity contribution in [3.8, 4) is 5.69 Å². The highest BCUT2D eigenvalue weighted by molar-refractivity contribution is 7.89. The predicted octanol–water partition coefficient (Wildman–Crippen LogP) is 3.91. The average Bonchev–Trinajstić information content (AvgIpc) is 2.97. The Morgan fingerprint density at radius 2 is 1.61 bits per heavy atom. The number of nitrogens with zero attached hydrogens (tertiary/aromatic N) is 2. The fourth-order valence-electron chi connectivity index (χ4n) is 3.84. The summed E-state index contributed by atoms with van der Waals surface area (Å²) in [5.74, 6) is 0.116. The third-order valence-electron chi connectivity index (χ3n) is 5.59. The number of nitrogens with one attached hydrogen (secondary N) is 1. The molecule has 0 saturated carbocycles. The van der Waals surface area contributed by atoms with Gasteiger partial charge in [-0.25, -0.2) is 17.8 Å². The Balaban J connectivity index is 1.65. The second-order valence-electron chi connectivity index (χ2n) is 8.13. The predicted molar refractivity (Wildman–Crippen MR) is 124 cm³/mol. The maximum absolute atomic E-state index is 12.9. The molecule has 0 spiro atoms. The van der Waals surface area contributed by atoms with Gasteiger partial charge < -0.3 is 0 Å². The van der Waals surface area contributed by atoms with Gasteiger partial charge in [0.05, 0.1) is 10.6 Å². The molecular formula is C24H31N3O3S. The van der Waals surface area contributed by atoms with Gasteiger partial charge in [0.15, 0.2) is 0 Å². The number of rotatable bonds is 9. The molecule has 0 atom stereocenters. The molecule has 6 nitrogen and oxygen atoms in total. The molecule has 0 bridgehead atoms. The third kappa shape index (κ3) is 5.17. The average molecular weight is 442 g/mol. The molecule has 0 aliphatic heterocycles. The molecule has 7 heteroatoms. The van der Waals surface area contributed by atoms with E-state index < -0.39 is 10.0 Å². The molecule has 0 saturated heterocycles. The highest BCUT2D eigenvalue weighted by atomic mass is 32.2. The van der Waals surface area contributed by atoms with E-state index in [2.05, 4.69) is 16.9 Å². The molecule has 0 aliphatic carbocycles. The molecule has 31 heavy (non-hydrogen) atoms. The first kappa shape index (κ1) is 23.0. The van der Waals surface area contributed by atoms with Crippen LogP contribution in [0.2, 0.25) is 0 Å². The normalized spacial score (nSPS) is 11.9. The van der Waals surface area contributed by atoms with Crippen LogP contribution in [0.4, 0.5) is 0 Å². The van der Waals surface area contributed by atoms with Crippen LogP contribution in [0, 0.1) is 6.92 Å². The van der Waals surface area contributed by atoms with Gasteiger partial charge in [0.2, 0.25) is 10.0 Å². The first-order valence-electron chi connectivity index (χ1n) is 10.6. The molecule has 0 fully saturated rings. The van der Waals surface area contributed by atoms with Crippen molar-refractivity contribution in [3.63, 3.8) is 0 Å². The minimum atomic E-state index is -3.59. The molecular weight excluding hydrogens is 410 g/mol. The Hall–Kier alpha value is -2.64. The van der Waals surface area contributed by atoms with Gasteiger partial charge >= 0.3 is 0 Å². The Labute approximate surface area is 184 Å². The summed E-state index contributed by atoms with van der Waals surface area (Å²) < 4.78 is 31.3. The maximum atomic E-state index is 12.9. The zero-order valence-electron chi connectivity index (χ0n) is 18.6. The van der Waals surface area contributed by atoms with Crippen molar-refractivity contribution in [2.24, 2.45) is 7.05 Å². The van der Waals surface area contributed by atoms with Crippen LogP contribution in [0.15, 0.2) is 64.3 Å². The first-order chi connectivity index (χ1) is 14.7. The number of hydrogen-bond donors (Lipinski definition) is 1. The van der Waals surface area contributed by atoms with Gasteiger partial charge in [0.25, 0.3) is 5.56 Å². The van der Waals surface area contributed by atoms with Crippen LogP contribution in [0.1, 0.15) is 49.4 Å². The second-order valence-corrected chi connectivity index (χ2v) is 9.90. The topological polar surface area (TPSA) is 73.1 Å². The van der Waals surface area contributed by atoms with Crippen LogP contribution >= 0.6 is 0 Å². The largest absolute Gasteiger partial charge is 0.285 e. The van der Waals surface area contributed by atoms with Crippen molar-refractivity contribution in [2.45, 2.75) is 50.8 Å². The van der Waals surface area contributed by atoms with Crippen molar-refractivity contribution >= 4 is 10.0 Å². The lowest BCUT2D eigenvalue weighted by molar-refractivity contribution is 0.576. The lowest BCUT2D eigenvalue weighted by atomic mass is 10.0. The molecule has 1 N–H and O–H groups in total. The van der Waals surface area contributed by atoms with Gasteiger partial charge in [-0.3, -0.25) is 9.48 Å². The number of aryl methyl sites for hydroxylation is 1. The molecule has 2 aromatic carbocycles. The molecule has 1 heterocycles. The second kappa shape index (κ2) is 9.66. The van der Waals surface area contributed by atoms with Gasteiger partial charge in [-0.15, -0.1) is 0 Å². The summed E-state index contributed by atoms with van der Waals surface area (Å²) in [5, 5.41) is 0. The Morgan fingerprint density at radius 1 is 0.968 bits per heavy atom. The van der Waals surface area contributed by atoms with Crippen molar-refractivity contribution in [1.82, 2.24) is 14.1 Å². The molecule has 0 amide bonds. The van der Waals surface area contributed by atoms with E-state index in [0.717, 1.165) is 30.5 Å². The van der Waals surface area contributed by atoms with E-state index in [1.807, 2.05) is 50.7 Å². The molecule has 0 aliphatic rings. The van der Waals surface area contributed by atoms with E-state index in [1.165, 1.54) is 5.56 Å². The van der Waals surface area contributed by atoms with Crippen molar-refractivity contribution in [3.05, 3.63) is 81.8 Å². The van der Waals surface area contributed by atoms with Crippen molar-refractivity contribution < 1.29 is 8.42 Å². The molecule has 3 rings (SSSR count). The van der Waals surface area contributed by atoms with E-state index in [4.69, 9.17) is 0 Å². The zero-order chi connectivity index (χ0) is 22.6. The molecule has 0 unspecified atom stereocenters. The zero-order valence-corrected chi connectivity index (χ0v) is 19.4. The van der Waals surface area contributed by atoms with Gasteiger partial charge in [-0.2, -0.15) is 0 Å². The van der Waals surface area contributed by atoms with Gasteiger partial charge in [0.1, 0.15) is 0 Å². The van der Waals surface area contributed by atoms with Crippen LogP contribution < -0.4 is 10.3 Å². The first-order valence-corrected chi connectivity index (χ1v) is 12.1. The standard InChI is InChI=1S/C24H31N3O3S/c1-18(2)23-19(3)26(4)27(24(23)28)21-13-15-22(16-14-21)31(29,30)25-17-9-8-12-20-10-6-5-7-11-20/h5-7,10-11,13-16,18,25H,8-9,12,17H2,1-4H3. The number of aromatic nitrogens is 2. The summed E-state index contributed by atoms with van der Waals surface area (Å²) >= 11 is 0. The number of benzene rings is 2. The Bertz CT molecular complexity index is 1180. The summed E-state index contributed by atoms with van der Waals surface area (Å²) in [4.78, 5) is 13.0. The third-order valence-corrected chi connectivity index (χ3v) is 7.07. The van der Waals surface area contributed by atoms with E-state index in [-0.39, 0.29) is 16.4 Å². The number of sulfonamides is 1. The quantitative estimate of drug-likeness (QED) is 0.512. The van der Waals surface area contributed by atoms with Gasteiger partial charge in [0, 0.05) is 24.8 Å². The molecule has 166 valence electrons. The van der Waals surface area contributed by atoms with Crippen LogP contribution in [0.3, 0.4) is 0 Å². The van der Waals surface area contributed by atoms with E-state index >= 15 is 0 Å². The molecule has 1 aromatic heterocycles. The summed E-state index contributed by atoms with van der Waals surface area (Å²) in [6, 6.07) is 16.6. The highest BCUT2D eigenvalue weighted by Crippen LogP contribution is 2.19. The number of hydrogen-bond acceptors (Lipinski definition) is 3. The number of unbranched alkanes of at least 4 members (excludes halogenated alkanes) is 1. The van der Waals surface area contributed by atoms with E-state index in [0.29, 0.717) is 12.2 Å².